The first-order chi connectivity index (χ1) is 10.3. The van der Waals surface area contributed by atoms with E-state index in [2.05, 4.69) is 51.0 Å². The smallest absolute Gasteiger partial charge is 0.134 e. The van der Waals surface area contributed by atoms with Gasteiger partial charge in [-0.05, 0) is 24.5 Å². The molecule has 0 amide bonds. The number of nitrogens with one attached hydrogen (secondary N) is 1. The van der Waals surface area contributed by atoms with Crippen LogP contribution in [-0.4, -0.2) is 23.1 Å². The van der Waals surface area contributed by atoms with E-state index in [-0.39, 0.29) is 0 Å². The highest BCUT2D eigenvalue weighted by Crippen LogP contribution is 2.24. The zero-order valence-electron chi connectivity index (χ0n) is 12.3. The Hall–Kier alpha value is -2.36. The molecule has 0 saturated carbocycles. The van der Waals surface area contributed by atoms with E-state index in [1.54, 1.807) is 0 Å². The minimum absolute atomic E-state index is 0.707. The summed E-state index contributed by atoms with van der Waals surface area (Å²) in [4.78, 5) is 11.3. The summed E-state index contributed by atoms with van der Waals surface area (Å²) in [6, 6.07) is 10.6. The van der Waals surface area contributed by atoms with Gasteiger partial charge in [-0.2, -0.15) is 0 Å². The number of rotatable bonds is 4. The van der Waals surface area contributed by atoms with Crippen LogP contribution in [0.1, 0.15) is 17.0 Å². The standard InChI is InChI=1S/C17H20N4/c1-3-9-18-16-11-17(20-13(2)19-16)21-10-8-14-6-4-5-7-15(14)12-21/h3-7,11H,1,8-10,12H2,2H3,(H,18,19,20). The van der Waals surface area contributed by atoms with E-state index in [1.165, 1.54) is 11.1 Å². The number of hydrogen-bond acceptors (Lipinski definition) is 4. The third-order valence-electron chi connectivity index (χ3n) is 3.71. The van der Waals surface area contributed by atoms with Gasteiger partial charge in [0.1, 0.15) is 17.5 Å². The second kappa shape index (κ2) is 5.95. The summed E-state index contributed by atoms with van der Waals surface area (Å²) in [5.74, 6) is 2.64. The van der Waals surface area contributed by atoms with Crippen LogP contribution in [0, 0.1) is 6.92 Å². The van der Waals surface area contributed by atoms with Gasteiger partial charge >= 0.3 is 0 Å². The number of nitrogens with zero attached hydrogens (tertiary/aromatic N) is 3. The van der Waals surface area contributed by atoms with E-state index in [1.807, 2.05) is 19.1 Å². The Morgan fingerprint density at radius 3 is 2.90 bits per heavy atom. The van der Waals surface area contributed by atoms with Crippen molar-refractivity contribution in [2.75, 3.05) is 23.3 Å². The normalized spacial score (nSPS) is 13.7. The first-order valence-corrected chi connectivity index (χ1v) is 7.28. The van der Waals surface area contributed by atoms with Crippen LogP contribution in [-0.2, 0) is 13.0 Å². The average Bonchev–Trinajstić information content (AvgIpc) is 2.52. The summed E-state index contributed by atoms with van der Waals surface area (Å²) < 4.78 is 0. The molecule has 1 N–H and O–H groups in total. The quantitative estimate of drug-likeness (QED) is 0.874. The molecule has 2 aromatic rings. The first kappa shape index (κ1) is 13.6. The lowest BCUT2D eigenvalue weighted by Gasteiger charge is -2.30. The second-order valence-corrected chi connectivity index (χ2v) is 5.27. The molecule has 0 aliphatic carbocycles. The van der Waals surface area contributed by atoms with Gasteiger partial charge in [-0.3, -0.25) is 0 Å². The Balaban J connectivity index is 1.84. The molecule has 0 atom stereocenters. The lowest BCUT2D eigenvalue weighted by atomic mass is 10.00. The van der Waals surface area contributed by atoms with Crippen LogP contribution in [0.2, 0.25) is 0 Å². The summed E-state index contributed by atoms with van der Waals surface area (Å²) in [6.45, 7) is 8.26. The molecule has 0 saturated heterocycles. The van der Waals surface area contributed by atoms with Crippen LogP contribution in [0.3, 0.4) is 0 Å². The lowest BCUT2D eigenvalue weighted by Crippen LogP contribution is -2.31. The average molecular weight is 280 g/mol. The molecule has 3 rings (SSSR count). The van der Waals surface area contributed by atoms with Crippen molar-refractivity contribution in [1.29, 1.82) is 0 Å². The van der Waals surface area contributed by atoms with Crippen LogP contribution in [0.4, 0.5) is 11.6 Å². The van der Waals surface area contributed by atoms with Gasteiger partial charge in [0, 0.05) is 25.7 Å². The molecule has 1 aliphatic rings. The molecule has 1 aliphatic heterocycles. The zero-order valence-corrected chi connectivity index (χ0v) is 12.3. The van der Waals surface area contributed by atoms with Crippen molar-refractivity contribution in [2.24, 2.45) is 0 Å². The Kier molecular flexibility index (Phi) is 3.86. The maximum Gasteiger partial charge on any atom is 0.134 e. The molecule has 0 radical (unpaired) electrons. The van der Waals surface area contributed by atoms with Crippen LogP contribution >= 0.6 is 0 Å². The van der Waals surface area contributed by atoms with Gasteiger partial charge in [0.25, 0.3) is 0 Å². The predicted octanol–water partition coefficient (Wildman–Crippen LogP) is 2.95. The second-order valence-electron chi connectivity index (χ2n) is 5.27. The largest absolute Gasteiger partial charge is 0.366 e. The highest BCUT2D eigenvalue weighted by molar-refractivity contribution is 5.51. The van der Waals surface area contributed by atoms with E-state index in [0.29, 0.717) is 6.54 Å². The number of benzene rings is 1. The van der Waals surface area contributed by atoms with Crippen molar-refractivity contribution >= 4 is 11.6 Å². The van der Waals surface area contributed by atoms with E-state index < -0.39 is 0 Å². The van der Waals surface area contributed by atoms with Gasteiger partial charge in [0.05, 0.1) is 0 Å². The molecule has 0 spiro atoms. The fourth-order valence-electron chi connectivity index (χ4n) is 2.67. The molecule has 0 fully saturated rings. The molecule has 0 unspecified atom stereocenters. The van der Waals surface area contributed by atoms with Gasteiger partial charge in [0.15, 0.2) is 0 Å². The topological polar surface area (TPSA) is 41.0 Å². The Morgan fingerprint density at radius 1 is 1.29 bits per heavy atom. The fourth-order valence-corrected chi connectivity index (χ4v) is 2.67. The van der Waals surface area contributed by atoms with Gasteiger partial charge in [-0.25, -0.2) is 9.97 Å². The van der Waals surface area contributed by atoms with Gasteiger partial charge in [0.2, 0.25) is 0 Å². The maximum atomic E-state index is 4.59. The zero-order chi connectivity index (χ0) is 14.7. The minimum Gasteiger partial charge on any atom is -0.366 e. The Morgan fingerprint density at radius 2 is 2.10 bits per heavy atom. The van der Waals surface area contributed by atoms with E-state index in [4.69, 9.17) is 0 Å². The summed E-state index contributed by atoms with van der Waals surface area (Å²) in [7, 11) is 0. The van der Waals surface area contributed by atoms with E-state index in [9.17, 15) is 0 Å². The Bertz CT molecular complexity index is 651. The molecule has 0 bridgehead atoms. The van der Waals surface area contributed by atoms with Crippen LogP contribution < -0.4 is 10.2 Å². The number of fused-ring (bicyclic) bond motifs is 1. The van der Waals surface area contributed by atoms with Crippen LogP contribution in [0.5, 0.6) is 0 Å². The minimum atomic E-state index is 0.707. The maximum absolute atomic E-state index is 4.59. The summed E-state index contributed by atoms with van der Waals surface area (Å²) in [5.41, 5.74) is 2.84. The summed E-state index contributed by atoms with van der Waals surface area (Å²) >= 11 is 0. The SMILES string of the molecule is C=CCNc1cc(N2CCc3ccccc3C2)nc(C)n1. The third kappa shape index (κ3) is 3.05. The molecular weight excluding hydrogens is 260 g/mol. The van der Waals surface area contributed by atoms with Gasteiger partial charge in [-0.1, -0.05) is 30.3 Å². The summed E-state index contributed by atoms with van der Waals surface area (Å²) in [5, 5.41) is 3.24. The first-order valence-electron chi connectivity index (χ1n) is 7.28. The fraction of sp³-hybridized carbons (Fsp3) is 0.294. The molecule has 1 aromatic carbocycles. The number of anilines is 2. The van der Waals surface area contributed by atoms with Crippen LogP contribution in [0.25, 0.3) is 0 Å². The molecule has 21 heavy (non-hydrogen) atoms. The Labute approximate surface area is 125 Å². The predicted molar refractivity (Wildman–Crippen MR) is 86.7 cm³/mol. The molecule has 2 heterocycles. The molecular formula is C17H20N4. The number of hydrogen-bond donors (Lipinski definition) is 1. The molecule has 108 valence electrons. The van der Waals surface area contributed by atoms with Crippen molar-refractivity contribution in [3.05, 3.63) is 59.9 Å². The summed E-state index contributed by atoms with van der Waals surface area (Å²) in [6.07, 6.45) is 2.89. The van der Waals surface area contributed by atoms with Crippen molar-refractivity contribution in [3.63, 3.8) is 0 Å². The van der Waals surface area contributed by atoms with Crippen molar-refractivity contribution < 1.29 is 0 Å². The van der Waals surface area contributed by atoms with Gasteiger partial charge in [-0.15, -0.1) is 6.58 Å². The molecule has 4 heteroatoms. The van der Waals surface area contributed by atoms with Crippen LogP contribution in [0.15, 0.2) is 43.0 Å². The third-order valence-corrected chi connectivity index (χ3v) is 3.71. The van der Waals surface area contributed by atoms with Crippen molar-refractivity contribution in [2.45, 2.75) is 19.9 Å². The molecule has 4 nitrogen and oxygen atoms in total. The molecule has 1 aromatic heterocycles. The highest BCUT2D eigenvalue weighted by atomic mass is 15.2. The number of aryl methyl sites for hydroxylation is 1. The van der Waals surface area contributed by atoms with E-state index >= 15 is 0 Å². The lowest BCUT2D eigenvalue weighted by molar-refractivity contribution is 0.717. The van der Waals surface area contributed by atoms with Crippen molar-refractivity contribution in [3.8, 4) is 0 Å². The highest BCUT2D eigenvalue weighted by Gasteiger charge is 2.17. The van der Waals surface area contributed by atoms with E-state index in [0.717, 1.165) is 37.0 Å². The van der Waals surface area contributed by atoms with Gasteiger partial charge < -0.3 is 10.2 Å². The number of aromatic nitrogens is 2. The monoisotopic (exact) mass is 280 g/mol. The van der Waals surface area contributed by atoms with Crippen molar-refractivity contribution in [1.82, 2.24) is 9.97 Å².